The summed E-state index contributed by atoms with van der Waals surface area (Å²) in [6.45, 7) is 4.86. The van der Waals surface area contributed by atoms with Crippen molar-refractivity contribution in [3.63, 3.8) is 0 Å². The average Bonchev–Trinajstić information content (AvgIpc) is 2.68. The highest BCUT2D eigenvalue weighted by atomic mass is 16.5. The molecule has 5 nitrogen and oxygen atoms in total. The number of aryl methyl sites for hydroxylation is 1. The largest absolute Gasteiger partial charge is 0.361 e. The van der Waals surface area contributed by atoms with E-state index < -0.39 is 0 Å². The molecule has 0 aliphatic carbocycles. The van der Waals surface area contributed by atoms with Crippen LogP contribution in [0.5, 0.6) is 0 Å². The maximum atomic E-state index is 11.9. The molecule has 2 rings (SSSR count). The third-order valence-corrected chi connectivity index (χ3v) is 3.07. The molecule has 1 amide bonds. The second kappa shape index (κ2) is 4.65. The summed E-state index contributed by atoms with van der Waals surface area (Å²) in [5.74, 6) is 0.466. The van der Waals surface area contributed by atoms with Gasteiger partial charge in [-0.15, -0.1) is 0 Å². The summed E-state index contributed by atoms with van der Waals surface area (Å²) in [6, 6.07) is 0.508. The van der Waals surface area contributed by atoms with E-state index in [9.17, 15) is 4.79 Å². The van der Waals surface area contributed by atoms with Gasteiger partial charge in [0.05, 0.1) is 6.20 Å². The first kappa shape index (κ1) is 11.1. The monoisotopic (exact) mass is 223 g/mol. The lowest BCUT2D eigenvalue weighted by Crippen LogP contribution is -2.51. The predicted molar refractivity (Wildman–Crippen MR) is 59.2 cm³/mol. The van der Waals surface area contributed by atoms with Crippen molar-refractivity contribution in [1.29, 1.82) is 0 Å². The van der Waals surface area contributed by atoms with Crippen LogP contribution in [0.15, 0.2) is 10.7 Å². The molecule has 2 heterocycles. The summed E-state index contributed by atoms with van der Waals surface area (Å²) in [4.78, 5) is 11.9. The maximum absolute atomic E-state index is 11.9. The average molecular weight is 223 g/mol. The molecule has 1 aliphatic heterocycles. The van der Waals surface area contributed by atoms with Gasteiger partial charge in [-0.1, -0.05) is 5.16 Å². The van der Waals surface area contributed by atoms with Crippen LogP contribution in [-0.2, 0) is 0 Å². The van der Waals surface area contributed by atoms with Gasteiger partial charge in [-0.05, 0) is 33.2 Å². The number of hydrogen-bond donors (Lipinski definition) is 2. The van der Waals surface area contributed by atoms with E-state index in [1.165, 1.54) is 6.20 Å². The molecule has 16 heavy (non-hydrogen) atoms. The molecule has 5 heteroatoms. The first-order valence-electron chi connectivity index (χ1n) is 5.64. The Kier molecular flexibility index (Phi) is 3.24. The Morgan fingerprint density at radius 2 is 2.50 bits per heavy atom. The molecule has 1 aliphatic rings. The first-order chi connectivity index (χ1) is 7.68. The topological polar surface area (TPSA) is 67.2 Å². The van der Waals surface area contributed by atoms with Crippen molar-refractivity contribution in [3.8, 4) is 0 Å². The zero-order chi connectivity index (χ0) is 11.5. The second-order valence-electron chi connectivity index (χ2n) is 4.26. The van der Waals surface area contributed by atoms with E-state index in [4.69, 9.17) is 4.52 Å². The van der Waals surface area contributed by atoms with Crippen LogP contribution in [-0.4, -0.2) is 29.7 Å². The van der Waals surface area contributed by atoms with Gasteiger partial charge < -0.3 is 15.2 Å². The van der Waals surface area contributed by atoms with Crippen molar-refractivity contribution in [1.82, 2.24) is 15.8 Å². The number of carbonyl (C=O) groups excluding carboxylic acids is 1. The third-order valence-electron chi connectivity index (χ3n) is 3.07. The van der Waals surface area contributed by atoms with Crippen molar-refractivity contribution < 1.29 is 9.32 Å². The second-order valence-corrected chi connectivity index (χ2v) is 4.26. The smallest absolute Gasteiger partial charge is 0.256 e. The van der Waals surface area contributed by atoms with Gasteiger partial charge in [0.15, 0.2) is 0 Å². The molecule has 1 saturated heterocycles. The molecule has 2 unspecified atom stereocenters. The number of aromatic nitrogens is 1. The van der Waals surface area contributed by atoms with E-state index in [2.05, 4.69) is 22.7 Å². The summed E-state index contributed by atoms with van der Waals surface area (Å²) >= 11 is 0. The Morgan fingerprint density at radius 3 is 3.12 bits per heavy atom. The highest BCUT2D eigenvalue weighted by molar-refractivity contribution is 5.94. The summed E-state index contributed by atoms with van der Waals surface area (Å²) < 4.78 is 4.88. The van der Waals surface area contributed by atoms with Crippen molar-refractivity contribution in [2.45, 2.75) is 38.8 Å². The Morgan fingerprint density at radius 1 is 1.69 bits per heavy atom. The molecule has 0 saturated carbocycles. The molecule has 1 aromatic rings. The minimum atomic E-state index is -0.0979. The fourth-order valence-electron chi connectivity index (χ4n) is 2.00. The lowest BCUT2D eigenvalue weighted by molar-refractivity contribution is 0.0918. The Labute approximate surface area is 94.6 Å². The molecule has 1 fully saturated rings. The van der Waals surface area contributed by atoms with E-state index in [-0.39, 0.29) is 11.9 Å². The standard InChI is InChI=1S/C11H17N3O2/c1-7-10(4-3-5-12-7)14-11(15)9-6-13-16-8(9)2/h6-7,10,12H,3-5H2,1-2H3,(H,14,15). The molecule has 0 bridgehead atoms. The van der Waals surface area contributed by atoms with Gasteiger partial charge in [0.25, 0.3) is 5.91 Å². The number of hydrogen-bond acceptors (Lipinski definition) is 4. The Balaban J connectivity index is 1.99. The van der Waals surface area contributed by atoms with Crippen LogP contribution >= 0.6 is 0 Å². The third kappa shape index (κ3) is 2.24. The highest BCUT2D eigenvalue weighted by Crippen LogP contribution is 2.11. The van der Waals surface area contributed by atoms with Crippen LogP contribution in [0.2, 0.25) is 0 Å². The first-order valence-corrected chi connectivity index (χ1v) is 5.64. The predicted octanol–water partition coefficient (Wildman–Crippen LogP) is 0.853. The fraction of sp³-hybridized carbons (Fsp3) is 0.636. The fourth-order valence-corrected chi connectivity index (χ4v) is 2.00. The quantitative estimate of drug-likeness (QED) is 0.780. The number of rotatable bonds is 2. The van der Waals surface area contributed by atoms with Crippen LogP contribution in [0.25, 0.3) is 0 Å². The number of piperidine rings is 1. The Bertz CT molecular complexity index is 375. The summed E-state index contributed by atoms with van der Waals surface area (Å²) in [5, 5.41) is 9.96. The SMILES string of the molecule is Cc1oncc1C(=O)NC1CCCNC1C. The molecular weight excluding hydrogens is 206 g/mol. The maximum Gasteiger partial charge on any atom is 0.256 e. The van der Waals surface area contributed by atoms with Gasteiger partial charge >= 0.3 is 0 Å². The normalized spacial score (nSPS) is 25.4. The van der Waals surface area contributed by atoms with E-state index in [0.717, 1.165) is 19.4 Å². The van der Waals surface area contributed by atoms with Crippen molar-refractivity contribution in [2.24, 2.45) is 0 Å². The van der Waals surface area contributed by atoms with Gasteiger partial charge in [0, 0.05) is 12.1 Å². The minimum Gasteiger partial charge on any atom is -0.361 e. The van der Waals surface area contributed by atoms with Gasteiger partial charge in [-0.3, -0.25) is 4.79 Å². The zero-order valence-electron chi connectivity index (χ0n) is 9.62. The van der Waals surface area contributed by atoms with Crippen LogP contribution in [0.4, 0.5) is 0 Å². The van der Waals surface area contributed by atoms with Crippen LogP contribution in [0.1, 0.15) is 35.9 Å². The van der Waals surface area contributed by atoms with Crippen LogP contribution in [0, 0.1) is 6.92 Å². The van der Waals surface area contributed by atoms with Gasteiger partial charge in [-0.25, -0.2) is 0 Å². The number of carbonyl (C=O) groups is 1. The molecule has 88 valence electrons. The van der Waals surface area contributed by atoms with Gasteiger partial charge in [-0.2, -0.15) is 0 Å². The summed E-state index contributed by atoms with van der Waals surface area (Å²) in [5.41, 5.74) is 0.526. The molecule has 1 aromatic heterocycles. The number of nitrogens with one attached hydrogen (secondary N) is 2. The van der Waals surface area contributed by atoms with E-state index in [1.54, 1.807) is 6.92 Å². The van der Waals surface area contributed by atoms with Gasteiger partial charge in [0.1, 0.15) is 11.3 Å². The van der Waals surface area contributed by atoms with E-state index in [1.807, 2.05) is 0 Å². The van der Waals surface area contributed by atoms with Crippen LogP contribution < -0.4 is 10.6 Å². The molecule has 0 radical (unpaired) electrons. The van der Waals surface area contributed by atoms with Crippen LogP contribution in [0.3, 0.4) is 0 Å². The Hall–Kier alpha value is -1.36. The van der Waals surface area contributed by atoms with Crippen molar-refractivity contribution >= 4 is 5.91 Å². The lowest BCUT2D eigenvalue weighted by Gasteiger charge is -2.30. The number of amides is 1. The van der Waals surface area contributed by atoms with Crippen molar-refractivity contribution in [3.05, 3.63) is 17.5 Å². The molecule has 0 spiro atoms. The van der Waals surface area contributed by atoms with E-state index in [0.29, 0.717) is 17.4 Å². The van der Waals surface area contributed by atoms with E-state index >= 15 is 0 Å². The molecule has 2 N–H and O–H groups in total. The number of nitrogens with zero attached hydrogens (tertiary/aromatic N) is 1. The zero-order valence-corrected chi connectivity index (χ0v) is 9.62. The lowest BCUT2D eigenvalue weighted by atomic mass is 9.99. The highest BCUT2D eigenvalue weighted by Gasteiger charge is 2.24. The van der Waals surface area contributed by atoms with Crippen molar-refractivity contribution in [2.75, 3.05) is 6.54 Å². The molecule has 0 aromatic carbocycles. The summed E-state index contributed by atoms with van der Waals surface area (Å²) in [6.07, 6.45) is 3.58. The molecule has 2 atom stereocenters. The summed E-state index contributed by atoms with van der Waals surface area (Å²) in [7, 11) is 0. The van der Waals surface area contributed by atoms with Gasteiger partial charge in [0.2, 0.25) is 0 Å². The minimum absolute atomic E-state index is 0.0979. The molecular formula is C11H17N3O2.